The van der Waals surface area contributed by atoms with Crippen LogP contribution in [0.25, 0.3) is 17.4 Å². The van der Waals surface area contributed by atoms with Gasteiger partial charge in [0.15, 0.2) is 0 Å². The van der Waals surface area contributed by atoms with E-state index in [1.165, 1.54) is 12.1 Å². The fraction of sp³-hybridized carbons (Fsp3) is 0.231. The SMILES string of the molecule is Cc1ccc(C)c(OCCN2C(=O)S/C(=C\c3ccc(-c4cc(C)c(C)c([N+](=O)[O-])c4)o3)C2=O)c1. The Bertz CT molecular complexity index is 1370. The molecule has 1 aliphatic rings. The summed E-state index contributed by atoms with van der Waals surface area (Å²) in [4.78, 5) is 37.6. The quantitative estimate of drug-likeness (QED) is 0.220. The molecule has 1 aromatic heterocycles. The molecule has 1 saturated heterocycles. The van der Waals surface area contributed by atoms with Crippen molar-refractivity contribution in [3.05, 3.63) is 85.5 Å². The molecule has 0 unspecified atom stereocenters. The van der Waals surface area contributed by atoms with E-state index in [2.05, 4.69) is 0 Å². The summed E-state index contributed by atoms with van der Waals surface area (Å²) in [5.74, 6) is 1.12. The van der Waals surface area contributed by atoms with Crippen LogP contribution in [0.5, 0.6) is 5.75 Å². The van der Waals surface area contributed by atoms with Gasteiger partial charge in [0.25, 0.3) is 16.8 Å². The van der Waals surface area contributed by atoms with Gasteiger partial charge in [-0.1, -0.05) is 12.1 Å². The Morgan fingerprint density at radius 1 is 1.06 bits per heavy atom. The molecular formula is C26H24N2O6S. The first-order valence-electron chi connectivity index (χ1n) is 11.0. The molecule has 8 nitrogen and oxygen atoms in total. The van der Waals surface area contributed by atoms with Crippen LogP contribution in [0.1, 0.15) is 28.0 Å². The van der Waals surface area contributed by atoms with Crippen molar-refractivity contribution in [2.24, 2.45) is 0 Å². The zero-order valence-corrected chi connectivity index (χ0v) is 20.6. The molecule has 3 aromatic rings. The smallest absolute Gasteiger partial charge is 0.293 e. The molecule has 0 spiro atoms. The number of furan rings is 1. The normalized spacial score (nSPS) is 14.7. The van der Waals surface area contributed by atoms with E-state index in [4.69, 9.17) is 9.15 Å². The minimum absolute atomic E-state index is 0.0159. The summed E-state index contributed by atoms with van der Waals surface area (Å²) in [6.07, 6.45) is 1.51. The number of hydrogen-bond donors (Lipinski definition) is 0. The van der Waals surface area contributed by atoms with E-state index in [1.807, 2.05) is 38.1 Å². The Balaban J connectivity index is 1.47. The lowest BCUT2D eigenvalue weighted by Gasteiger charge is -2.14. The molecule has 4 rings (SSSR count). The number of nitro groups is 1. The minimum Gasteiger partial charge on any atom is -0.491 e. The maximum atomic E-state index is 12.8. The highest BCUT2D eigenvalue weighted by molar-refractivity contribution is 8.18. The van der Waals surface area contributed by atoms with Gasteiger partial charge in [0, 0.05) is 23.3 Å². The Morgan fingerprint density at radius 2 is 1.83 bits per heavy atom. The first kappa shape index (κ1) is 24.3. The summed E-state index contributed by atoms with van der Waals surface area (Å²) in [5, 5.41) is 11.0. The number of imide groups is 1. The summed E-state index contributed by atoms with van der Waals surface area (Å²) < 4.78 is 11.6. The number of carbonyl (C=O) groups is 2. The van der Waals surface area contributed by atoms with E-state index in [-0.39, 0.29) is 29.0 Å². The topological polar surface area (TPSA) is 103 Å². The second kappa shape index (κ2) is 9.79. The van der Waals surface area contributed by atoms with Crippen molar-refractivity contribution < 1.29 is 23.7 Å². The number of aryl methyl sites for hydroxylation is 3. The van der Waals surface area contributed by atoms with Crippen molar-refractivity contribution in [2.75, 3.05) is 13.2 Å². The first-order chi connectivity index (χ1) is 16.6. The zero-order valence-electron chi connectivity index (χ0n) is 19.8. The van der Waals surface area contributed by atoms with Gasteiger partial charge in [0.05, 0.1) is 16.4 Å². The van der Waals surface area contributed by atoms with Crippen LogP contribution in [-0.4, -0.2) is 34.1 Å². The number of nitrogens with zero attached hydrogens (tertiary/aromatic N) is 2. The van der Waals surface area contributed by atoms with Gasteiger partial charge in [-0.05, 0) is 80.4 Å². The highest BCUT2D eigenvalue weighted by atomic mass is 32.2. The maximum absolute atomic E-state index is 12.8. The Morgan fingerprint density at radius 3 is 2.57 bits per heavy atom. The fourth-order valence-corrected chi connectivity index (χ4v) is 4.53. The van der Waals surface area contributed by atoms with Gasteiger partial charge in [-0.2, -0.15) is 0 Å². The summed E-state index contributed by atoms with van der Waals surface area (Å²) in [5.41, 5.74) is 4.00. The van der Waals surface area contributed by atoms with Crippen molar-refractivity contribution in [3.8, 4) is 17.1 Å². The standard InChI is InChI=1S/C26H24N2O6S/c1-15-5-6-16(2)23(11-15)33-10-9-27-25(29)24(35-26(27)30)14-20-7-8-22(34-20)19-12-17(3)18(4)21(13-19)28(31)32/h5-8,11-14H,9-10H2,1-4H3/b24-14-. The molecule has 0 atom stereocenters. The van der Waals surface area contributed by atoms with Crippen LogP contribution in [0.3, 0.4) is 0 Å². The third-order valence-corrected chi connectivity index (χ3v) is 6.72. The van der Waals surface area contributed by atoms with E-state index >= 15 is 0 Å². The van der Waals surface area contributed by atoms with E-state index < -0.39 is 10.8 Å². The van der Waals surface area contributed by atoms with E-state index in [1.54, 1.807) is 26.0 Å². The van der Waals surface area contributed by atoms with Crippen molar-refractivity contribution in [3.63, 3.8) is 0 Å². The molecule has 9 heteroatoms. The number of benzene rings is 2. The number of amides is 2. The lowest BCUT2D eigenvalue weighted by atomic mass is 10.0. The van der Waals surface area contributed by atoms with Crippen molar-refractivity contribution in [1.82, 2.24) is 4.90 Å². The summed E-state index contributed by atoms with van der Waals surface area (Å²) in [6.45, 7) is 7.72. The van der Waals surface area contributed by atoms with Gasteiger partial charge < -0.3 is 9.15 Å². The van der Waals surface area contributed by atoms with Crippen molar-refractivity contribution in [1.29, 1.82) is 0 Å². The number of rotatable bonds is 7. The molecule has 0 N–H and O–H groups in total. The highest BCUT2D eigenvalue weighted by Crippen LogP contribution is 2.35. The number of carbonyl (C=O) groups excluding carboxylic acids is 2. The van der Waals surface area contributed by atoms with Crippen LogP contribution >= 0.6 is 11.8 Å². The molecule has 2 amide bonds. The fourth-order valence-electron chi connectivity index (χ4n) is 3.69. The molecule has 2 aromatic carbocycles. The predicted molar refractivity (Wildman–Crippen MR) is 134 cm³/mol. The molecule has 1 aliphatic heterocycles. The van der Waals surface area contributed by atoms with E-state index in [0.717, 1.165) is 39.1 Å². The van der Waals surface area contributed by atoms with Crippen LogP contribution in [0, 0.1) is 37.8 Å². The Kier molecular flexibility index (Phi) is 6.79. The molecule has 1 fully saturated rings. The van der Waals surface area contributed by atoms with Gasteiger partial charge in [0.2, 0.25) is 0 Å². The molecule has 180 valence electrons. The highest BCUT2D eigenvalue weighted by Gasteiger charge is 2.35. The molecular weight excluding hydrogens is 468 g/mol. The Labute approximate surface area is 206 Å². The Hall–Kier alpha value is -3.85. The molecule has 2 heterocycles. The monoisotopic (exact) mass is 492 g/mol. The predicted octanol–water partition coefficient (Wildman–Crippen LogP) is 6.20. The van der Waals surface area contributed by atoms with Crippen LogP contribution in [0.15, 0.2) is 51.8 Å². The molecule has 0 bridgehead atoms. The summed E-state index contributed by atoms with van der Waals surface area (Å²) in [7, 11) is 0. The van der Waals surface area contributed by atoms with Crippen LogP contribution in [0.2, 0.25) is 0 Å². The molecule has 0 aliphatic carbocycles. The largest absolute Gasteiger partial charge is 0.491 e. The van der Waals surface area contributed by atoms with Crippen molar-refractivity contribution in [2.45, 2.75) is 27.7 Å². The van der Waals surface area contributed by atoms with Crippen LogP contribution in [0.4, 0.5) is 10.5 Å². The van der Waals surface area contributed by atoms with Gasteiger partial charge in [-0.25, -0.2) is 0 Å². The lowest BCUT2D eigenvalue weighted by molar-refractivity contribution is -0.385. The average Bonchev–Trinajstić information content (AvgIpc) is 3.37. The van der Waals surface area contributed by atoms with E-state index in [9.17, 15) is 19.7 Å². The van der Waals surface area contributed by atoms with Gasteiger partial charge in [0.1, 0.15) is 23.9 Å². The zero-order chi connectivity index (χ0) is 25.3. The first-order valence-corrected chi connectivity index (χ1v) is 11.8. The van der Waals surface area contributed by atoms with Gasteiger partial charge in [-0.15, -0.1) is 0 Å². The van der Waals surface area contributed by atoms with Gasteiger partial charge in [-0.3, -0.25) is 24.6 Å². The average molecular weight is 493 g/mol. The second-order valence-corrected chi connectivity index (χ2v) is 9.34. The molecule has 35 heavy (non-hydrogen) atoms. The third-order valence-electron chi connectivity index (χ3n) is 5.81. The van der Waals surface area contributed by atoms with E-state index in [0.29, 0.717) is 22.6 Å². The number of nitro benzene ring substituents is 1. The molecule has 0 radical (unpaired) electrons. The number of hydrogen-bond acceptors (Lipinski definition) is 7. The number of ether oxygens (including phenoxy) is 1. The molecule has 0 saturated carbocycles. The summed E-state index contributed by atoms with van der Waals surface area (Å²) in [6, 6.07) is 12.5. The third kappa shape index (κ3) is 5.14. The lowest BCUT2D eigenvalue weighted by Crippen LogP contribution is -2.32. The van der Waals surface area contributed by atoms with Crippen LogP contribution in [-0.2, 0) is 4.79 Å². The maximum Gasteiger partial charge on any atom is 0.293 e. The number of thioether (sulfide) groups is 1. The summed E-state index contributed by atoms with van der Waals surface area (Å²) >= 11 is 0.838. The second-order valence-electron chi connectivity index (χ2n) is 8.35. The van der Waals surface area contributed by atoms with Gasteiger partial charge >= 0.3 is 0 Å². The van der Waals surface area contributed by atoms with Crippen molar-refractivity contribution >= 4 is 34.7 Å². The van der Waals surface area contributed by atoms with Crippen LogP contribution < -0.4 is 4.74 Å². The minimum atomic E-state index is -0.421.